The Kier molecular flexibility index (Phi) is 6.08. The Morgan fingerprint density at radius 3 is 2.48 bits per heavy atom. The van der Waals surface area contributed by atoms with E-state index in [1.54, 1.807) is 18.4 Å². The predicted octanol–water partition coefficient (Wildman–Crippen LogP) is 4.19. The number of fused-ring (bicyclic) bond motifs is 1. The van der Waals surface area contributed by atoms with Crippen LogP contribution in [0.15, 0.2) is 52.0 Å². The highest BCUT2D eigenvalue weighted by molar-refractivity contribution is 8.00. The molecule has 0 saturated carbocycles. The van der Waals surface area contributed by atoms with Gasteiger partial charge in [-0.2, -0.15) is 0 Å². The summed E-state index contributed by atoms with van der Waals surface area (Å²) in [6, 6.07) is 11.2. The van der Waals surface area contributed by atoms with Crippen molar-refractivity contribution in [3.05, 3.63) is 64.4 Å². The highest BCUT2D eigenvalue weighted by atomic mass is 35.5. The molecule has 1 aromatic heterocycles. The molecule has 0 aliphatic heterocycles. The van der Waals surface area contributed by atoms with E-state index >= 15 is 0 Å². The fraction of sp³-hybridized carbons (Fsp3) is 0.200. The zero-order valence-electron chi connectivity index (χ0n) is 15.0. The first kappa shape index (κ1) is 19.3. The number of hydrogen-bond donors (Lipinski definition) is 2. The molecule has 0 aliphatic carbocycles. The zero-order valence-corrected chi connectivity index (χ0v) is 16.5. The van der Waals surface area contributed by atoms with Crippen molar-refractivity contribution in [1.29, 1.82) is 0 Å². The van der Waals surface area contributed by atoms with E-state index in [2.05, 4.69) is 10.9 Å². The lowest BCUT2D eigenvalue weighted by Gasteiger charge is -2.07. The van der Waals surface area contributed by atoms with Crippen LogP contribution in [0.5, 0.6) is 0 Å². The molecular weight excluding hydrogens is 384 g/mol. The molecule has 0 spiro atoms. The Bertz CT molecular complexity index is 983. The summed E-state index contributed by atoms with van der Waals surface area (Å²) in [4.78, 5) is 25.0. The molecule has 27 heavy (non-hydrogen) atoms. The number of halogens is 1. The molecule has 140 valence electrons. The third-order valence-electron chi connectivity index (χ3n) is 4.22. The molecule has 0 bridgehead atoms. The van der Waals surface area contributed by atoms with Crippen LogP contribution in [0.4, 0.5) is 0 Å². The van der Waals surface area contributed by atoms with Crippen molar-refractivity contribution in [2.75, 3.05) is 5.75 Å². The van der Waals surface area contributed by atoms with Crippen molar-refractivity contribution in [3.8, 4) is 0 Å². The standard InChI is InChI=1S/C20H19ClN2O3S/c1-12-3-8-17-14(10-26-20(17)13(12)2)9-18(24)22-23-19(25)11-27-16-6-4-15(21)5-7-16/h3-8,10H,9,11H2,1-2H3,(H,22,24)(H,23,25). The highest BCUT2D eigenvalue weighted by Gasteiger charge is 2.13. The van der Waals surface area contributed by atoms with E-state index in [0.717, 1.165) is 32.6 Å². The number of furan rings is 1. The van der Waals surface area contributed by atoms with Crippen LogP contribution < -0.4 is 10.9 Å². The maximum Gasteiger partial charge on any atom is 0.248 e. The first-order chi connectivity index (χ1) is 12.9. The zero-order chi connectivity index (χ0) is 19.4. The largest absolute Gasteiger partial charge is 0.464 e. The van der Waals surface area contributed by atoms with Crippen LogP contribution in [0.25, 0.3) is 11.0 Å². The molecule has 3 rings (SSSR count). The van der Waals surface area contributed by atoms with Crippen molar-refractivity contribution in [3.63, 3.8) is 0 Å². The summed E-state index contributed by atoms with van der Waals surface area (Å²) in [6.07, 6.45) is 1.72. The summed E-state index contributed by atoms with van der Waals surface area (Å²) < 4.78 is 5.60. The number of hydrazine groups is 1. The Morgan fingerprint density at radius 2 is 1.74 bits per heavy atom. The van der Waals surface area contributed by atoms with Crippen LogP contribution in [0.3, 0.4) is 0 Å². The van der Waals surface area contributed by atoms with Gasteiger partial charge in [-0.05, 0) is 49.2 Å². The molecule has 0 atom stereocenters. The minimum atomic E-state index is -0.305. The van der Waals surface area contributed by atoms with Gasteiger partial charge in [0.1, 0.15) is 5.58 Å². The normalized spacial score (nSPS) is 10.8. The smallest absolute Gasteiger partial charge is 0.248 e. The number of benzene rings is 2. The maximum atomic E-state index is 12.1. The summed E-state index contributed by atoms with van der Waals surface area (Å²) in [6.45, 7) is 4.00. The Balaban J connectivity index is 1.50. The van der Waals surface area contributed by atoms with Crippen LogP contribution in [0.1, 0.15) is 16.7 Å². The van der Waals surface area contributed by atoms with Crippen LogP contribution in [-0.4, -0.2) is 17.6 Å². The second kappa shape index (κ2) is 8.50. The topological polar surface area (TPSA) is 71.3 Å². The number of carbonyl (C=O) groups is 2. The fourth-order valence-corrected chi connectivity index (χ4v) is 3.42. The minimum absolute atomic E-state index is 0.125. The van der Waals surface area contributed by atoms with Gasteiger partial charge in [-0.1, -0.05) is 23.7 Å². The van der Waals surface area contributed by atoms with Gasteiger partial charge in [0.2, 0.25) is 11.8 Å². The first-order valence-electron chi connectivity index (χ1n) is 8.36. The van der Waals surface area contributed by atoms with Gasteiger partial charge in [0, 0.05) is 20.9 Å². The molecule has 1 heterocycles. The average Bonchev–Trinajstić information content (AvgIpc) is 3.06. The second-order valence-electron chi connectivity index (χ2n) is 6.16. The molecular formula is C20H19ClN2O3S. The van der Waals surface area contributed by atoms with Gasteiger partial charge in [-0.25, -0.2) is 0 Å². The van der Waals surface area contributed by atoms with Gasteiger partial charge < -0.3 is 4.42 Å². The van der Waals surface area contributed by atoms with Gasteiger partial charge in [0.15, 0.2) is 0 Å². The summed E-state index contributed by atoms with van der Waals surface area (Å²) in [5.41, 5.74) is 8.65. The lowest BCUT2D eigenvalue weighted by Crippen LogP contribution is -2.43. The van der Waals surface area contributed by atoms with Crippen LogP contribution in [-0.2, 0) is 16.0 Å². The molecule has 0 saturated heterocycles. The van der Waals surface area contributed by atoms with Crippen LogP contribution in [0, 0.1) is 13.8 Å². The quantitative estimate of drug-likeness (QED) is 0.496. The number of carbonyl (C=O) groups excluding carboxylic acids is 2. The Hall–Kier alpha value is -2.44. The van der Waals surface area contributed by atoms with Crippen molar-refractivity contribution < 1.29 is 14.0 Å². The highest BCUT2D eigenvalue weighted by Crippen LogP contribution is 2.26. The number of rotatable bonds is 5. The molecule has 2 amide bonds. The van der Waals surface area contributed by atoms with Crippen molar-refractivity contribution in [1.82, 2.24) is 10.9 Å². The fourth-order valence-electron chi connectivity index (χ4n) is 2.60. The van der Waals surface area contributed by atoms with Gasteiger partial charge in [0.05, 0.1) is 18.4 Å². The molecule has 0 unspecified atom stereocenters. The van der Waals surface area contributed by atoms with Gasteiger partial charge in [0.25, 0.3) is 0 Å². The van der Waals surface area contributed by atoms with E-state index in [0.29, 0.717) is 5.02 Å². The van der Waals surface area contributed by atoms with Crippen molar-refractivity contribution in [2.24, 2.45) is 0 Å². The number of nitrogens with one attached hydrogen (secondary N) is 2. The maximum absolute atomic E-state index is 12.1. The van der Waals surface area contributed by atoms with E-state index < -0.39 is 0 Å². The number of aryl methyl sites for hydroxylation is 2. The molecule has 5 nitrogen and oxygen atoms in total. The lowest BCUT2D eigenvalue weighted by atomic mass is 10.0. The number of hydrogen-bond acceptors (Lipinski definition) is 4. The molecule has 2 aromatic carbocycles. The molecule has 7 heteroatoms. The third kappa shape index (κ3) is 4.84. The molecule has 0 radical (unpaired) electrons. The van der Waals surface area contributed by atoms with Crippen LogP contribution >= 0.6 is 23.4 Å². The summed E-state index contributed by atoms with van der Waals surface area (Å²) in [7, 11) is 0. The van der Waals surface area contributed by atoms with Gasteiger partial charge in [-0.3, -0.25) is 20.4 Å². The summed E-state index contributed by atoms with van der Waals surface area (Å²) in [5.74, 6) is -0.401. The third-order valence-corrected chi connectivity index (χ3v) is 5.48. The number of amides is 2. The Morgan fingerprint density at radius 1 is 1.04 bits per heavy atom. The summed E-state index contributed by atoms with van der Waals surface area (Å²) >= 11 is 7.19. The van der Waals surface area contributed by atoms with E-state index in [-0.39, 0.29) is 24.0 Å². The van der Waals surface area contributed by atoms with Crippen molar-refractivity contribution in [2.45, 2.75) is 25.2 Å². The predicted molar refractivity (Wildman–Crippen MR) is 108 cm³/mol. The minimum Gasteiger partial charge on any atom is -0.464 e. The lowest BCUT2D eigenvalue weighted by molar-refractivity contribution is -0.127. The molecule has 0 fully saturated rings. The number of thioether (sulfide) groups is 1. The monoisotopic (exact) mass is 402 g/mol. The first-order valence-corrected chi connectivity index (χ1v) is 9.72. The Labute approximate surface area is 166 Å². The second-order valence-corrected chi connectivity index (χ2v) is 7.65. The molecule has 2 N–H and O–H groups in total. The van der Waals surface area contributed by atoms with E-state index in [1.807, 2.05) is 38.1 Å². The summed E-state index contributed by atoms with van der Waals surface area (Å²) in [5, 5.41) is 1.56. The van der Waals surface area contributed by atoms with E-state index in [4.69, 9.17) is 16.0 Å². The van der Waals surface area contributed by atoms with Crippen molar-refractivity contribution >= 4 is 46.1 Å². The molecule has 3 aromatic rings. The van der Waals surface area contributed by atoms with Crippen LogP contribution in [0.2, 0.25) is 5.02 Å². The average molecular weight is 403 g/mol. The van der Waals surface area contributed by atoms with Gasteiger partial charge >= 0.3 is 0 Å². The van der Waals surface area contributed by atoms with Gasteiger partial charge in [-0.15, -0.1) is 11.8 Å². The molecule has 0 aliphatic rings. The van der Waals surface area contributed by atoms with E-state index in [1.165, 1.54) is 11.8 Å². The van der Waals surface area contributed by atoms with E-state index in [9.17, 15) is 9.59 Å². The SMILES string of the molecule is Cc1ccc2c(CC(=O)NNC(=O)CSc3ccc(Cl)cc3)coc2c1C.